The van der Waals surface area contributed by atoms with Crippen molar-refractivity contribution in [2.75, 3.05) is 6.26 Å². The second-order valence-corrected chi connectivity index (χ2v) is 4.33. The van der Waals surface area contributed by atoms with Gasteiger partial charge in [0.05, 0.1) is 0 Å². The van der Waals surface area contributed by atoms with Gasteiger partial charge in [0.15, 0.2) is 9.84 Å². The van der Waals surface area contributed by atoms with Crippen LogP contribution in [-0.2, 0) is 9.84 Å². The van der Waals surface area contributed by atoms with E-state index in [-0.39, 0.29) is 0 Å². The summed E-state index contributed by atoms with van der Waals surface area (Å²) in [6.45, 7) is 0. The molecule has 0 bridgehead atoms. The Labute approximate surface area is 68.8 Å². The molecule has 1 rings (SSSR count). The summed E-state index contributed by atoms with van der Waals surface area (Å²) in [5, 5.41) is 0. The lowest BCUT2D eigenvalue weighted by atomic mass is 10.3. The maximum atomic E-state index is 12.7. The van der Waals surface area contributed by atoms with Gasteiger partial charge in [0.1, 0.15) is 16.5 Å². The van der Waals surface area contributed by atoms with Crippen molar-refractivity contribution in [3.8, 4) is 0 Å². The zero-order valence-electron chi connectivity index (χ0n) is 6.21. The Morgan fingerprint density at radius 2 is 1.83 bits per heavy atom. The van der Waals surface area contributed by atoms with Crippen molar-refractivity contribution in [2.45, 2.75) is 4.90 Å². The van der Waals surface area contributed by atoms with Crippen LogP contribution in [0.4, 0.5) is 8.78 Å². The maximum absolute atomic E-state index is 12.7. The molecule has 0 radical (unpaired) electrons. The van der Waals surface area contributed by atoms with Crippen molar-refractivity contribution >= 4 is 9.84 Å². The van der Waals surface area contributed by atoms with Crippen molar-refractivity contribution < 1.29 is 17.2 Å². The summed E-state index contributed by atoms with van der Waals surface area (Å²) in [6, 6.07) is 2.31. The van der Waals surface area contributed by atoms with E-state index in [2.05, 4.69) is 0 Å². The van der Waals surface area contributed by atoms with Gasteiger partial charge in [-0.3, -0.25) is 0 Å². The molecule has 0 N–H and O–H groups in total. The summed E-state index contributed by atoms with van der Waals surface area (Å²) in [7, 11) is -3.67. The molecule has 0 saturated heterocycles. The third-order valence-electron chi connectivity index (χ3n) is 1.29. The monoisotopic (exact) mass is 192 g/mol. The largest absolute Gasteiger partial charge is 0.224 e. The van der Waals surface area contributed by atoms with E-state index in [0.29, 0.717) is 6.07 Å². The molecule has 1 aromatic rings. The molecule has 12 heavy (non-hydrogen) atoms. The van der Waals surface area contributed by atoms with E-state index in [1.54, 1.807) is 0 Å². The van der Waals surface area contributed by atoms with Crippen molar-refractivity contribution in [3.05, 3.63) is 29.8 Å². The second-order valence-electron chi connectivity index (χ2n) is 2.35. The number of hydrogen-bond acceptors (Lipinski definition) is 2. The lowest BCUT2D eigenvalue weighted by Gasteiger charge is -1.98. The summed E-state index contributed by atoms with van der Waals surface area (Å²) >= 11 is 0. The molecule has 0 saturated carbocycles. The molecule has 0 aliphatic rings. The Bertz CT molecular complexity index is 398. The zero-order valence-corrected chi connectivity index (χ0v) is 7.03. The van der Waals surface area contributed by atoms with E-state index in [1.165, 1.54) is 0 Å². The molecule has 0 atom stereocenters. The summed E-state index contributed by atoms with van der Waals surface area (Å²) in [4.78, 5) is -0.609. The Morgan fingerprint density at radius 3 is 2.25 bits per heavy atom. The highest BCUT2D eigenvalue weighted by atomic mass is 32.2. The van der Waals surface area contributed by atoms with Gasteiger partial charge in [0, 0.05) is 6.26 Å². The first kappa shape index (κ1) is 9.12. The standard InChI is InChI=1S/C7H6F2O2S/c1-12(10,11)7-4-5(8)2-3-6(7)9/h2-4H,1H3. The van der Waals surface area contributed by atoms with E-state index in [0.717, 1.165) is 18.4 Å². The predicted molar refractivity (Wildman–Crippen MR) is 39.5 cm³/mol. The van der Waals surface area contributed by atoms with Crippen LogP contribution in [0.25, 0.3) is 0 Å². The molecule has 0 aromatic heterocycles. The molecule has 0 fully saturated rings. The van der Waals surface area contributed by atoms with Gasteiger partial charge in [-0.2, -0.15) is 0 Å². The van der Waals surface area contributed by atoms with Crippen molar-refractivity contribution in [1.29, 1.82) is 0 Å². The van der Waals surface area contributed by atoms with Crippen molar-refractivity contribution in [3.63, 3.8) is 0 Å². The molecule has 0 spiro atoms. The highest BCUT2D eigenvalue weighted by molar-refractivity contribution is 7.90. The van der Waals surface area contributed by atoms with Gasteiger partial charge in [0.25, 0.3) is 0 Å². The van der Waals surface area contributed by atoms with Crippen LogP contribution in [0.1, 0.15) is 0 Å². The van der Waals surface area contributed by atoms with Crippen LogP contribution in [0.2, 0.25) is 0 Å². The highest BCUT2D eigenvalue weighted by Crippen LogP contribution is 2.14. The fourth-order valence-electron chi connectivity index (χ4n) is 0.761. The molecular formula is C7H6F2O2S. The van der Waals surface area contributed by atoms with Crippen LogP contribution in [0, 0.1) is 11.6 Å². The average Bonchev–Trinajstić information content (AvgIpc) is 1.92. The molecule has 66 valence electrons. The van der Waals surface area contributed by atoms with Gasteiger partial charge in [0.2, 0.25) is 0 Å². The highest BCUT2D eigenvalue weighted by Gasteiger charge is 2.13. The van der Waals surface area contributed by atoms with E-state index in [4.69, 9.17) is 0 Å². The third kappa shape index (κ3) is 1.79. The molecule has 2 nitrogen and oxygen atoms in total. The summed E-state index contributed by atoms with van der Waals surface area (Å²) < 4.78 is 46.8. The van der Waals surface area contributed by atoms with Gasteiger partial charge in [-0.1, -0.05) is 0 Å². The Balaban J connectivity index is 3.43. The van der Waals surface area contributed by atoms with Gasteiger partial charge < -0.3 is 0 Å². The van der Waals surface area contributed by atoms with Crippen LogP contribution in [-0.4, -0.2) is 14.7 Å². The molecule has 0 amide bonds. The van der Waals surface area contributed by atoms with Crippen LogP contribution in [0.5, 0.6) is 0 Å². The van der Waals surface area contributed by atoms with E-state index in [1.807, 2.05) is 0 Å². The quantitative estimate of drug-likeness (QED) is 0.673. The number of benzene rings is 1. The summed E-state index contributed by atoms with van der Waals surface area (Å²) in [6.07, 6.45) is 0.824. The van der Waals surface area contributed by atoms with E-state index >= 15 is 0 Å². The van der Waals surface area contributed by atoms with Crippen LogP contribution in [0.15, 0.2) is 23.1 Å². The maximum Gasteiger partial charge on any atom is 0.178 e. The number of hydrogen-bond donors (Lipinski definition) is 0. The van der Waals surface area contributed by atoms with Gasteiger partial charge >= 0.3 is 0 Å². The normalized spacial score (nSPS) is 11.6. The lowest BCUT2D eigenvalue weighted by molar-refractivity contribution is 0.556. The van der Waals surface area contributed by atoms with Crippen molar-refractivity contribution in [2.24, 2.45) is 0 Å². The lowest BCUT2D eigenvalue weighted by Crippen LogP contribution is -2.00. The minimum absolute atomic E-state index is 0.609. The number of rotatable bonds is 1. The third-order valence-corrected chi connectivity index (χ3v) is 2.40. The average molecular weight is 192 g/mol. The molecule has 0 aliphatic carbocycles. The molecule has 5 heteroatoms. The summed E-state index contributed by atoms with van der Waals surface area (Å²) in [5.41, 5.74) is 0. The molecule has 0 aliphatic heterocycles. The van der Waals surface area contributed by atoms with Crippen LogP contribution in [0.3, 0.4) is 0 Å². The molecule has 1 aromatic carbocycles. The predicted octanol–water partition coefficient (Wildman–Crippen LogP) is 1.37. The van der Waals surface area contributed by atoms with E-state index in [9.17, 15) is 17.2 Å². The molecule has 0 unspecified atom stereocenters. The first-order chi connectivity index (χ1) is 5.41. The first-order valence-corrected chi connectivity index (χ1v) is 4.95. The van der Waals surface area contributed by atoms with E-state index < -0.39 is 26.4 Å². The molecular weight excluding hydrogens is 186 g/mol. The minimum atomic E-state index is -3.67. The first-order valence-electron chi connectivity index (χ1n) is 3.06. The van der Waals surface area contributed by atoms with Gasteiger partial charge in [-0.05, 0) is 18.2 Å². The minimum Gasteiger partial charge on any atom is -0.224 e. The van der Waals surface area contributed by atoms with Gasteiger partial charge in [-0.25, -0.2) is 17.2 Å². The number of sulfone groups is 1. The summed E-state index contributed by atoms with van der Waals surface area (Å²) in [5.74, 6) is -1.70. The SMILES string of the molecule is CS(=O)(=O)c1cc(F)ccc1F. The zero-order chi connectivity index (χ0) is 9.35. The topological polar surface area (TPSA) is 34.1 Å². The second kappa shape index (κ2) is 2.82. The Hall–Kier alpha value is -0.970. The smallest absolute Gasteiger partial charge is 0.178 e. The van der Waals surface area contributed by atoms with Crippen molar-refractivity contribution in [1.82, 2.24) is 0 Å². The Kier molecular flexibility index (Phi) is 2.14. The fourth-order valence-corrected chi connectivity index (χ4v) is 1.51. The number of halogens is 2. The van der Waals surface area contributed by atoms with Crippen LogP contribution >= 0.6 is 0 Å². The fraction of sp³-hybridized carbons (Fsp3) is 0.143. The van der Waals surface area contributed by atoms with Crippen LogP contribution < -0.4 is 0 Å². The molecule has 0 heterocycles. The van der Waals surface area contributed by atoms with Gasteiger partial charge in [-0.15, -0.1) is 0 Å². The Morgan fingerprint density at radius 1 is 1.25 bits per heavy atom.